The Kier molecular flexibility index (Phi) is 5.39. The van der Waals surface area contributed by atoms with Crippen LogP contribution in [0.1, 0.15) is 56.3 Å². The Balaban J connectivity index is 1.81. The van der Waals surface area contributed by atoms with E-state index in [0.29, 0.717) is 23.3 Å². The average molecular weight is 293 g/mol. The smallest absolute Gasteiger partial charge is 0.273 e. The van der Waals surface area contributed by atoms with E-state index in [2.05, 4.69) is 29.0 Å². The van der Waals surface area contributed by atoms with E-state index in [-0.39, 0.29) is 11.8 Å². The molecule has 2 heterocycles. The van der Waals surface area contributed by atoms with Crippen molar-refractivity contribution < 1.29 is 9.21 Å². The summed E-state index contributed by atoms with van der Waals surface area (Å²) in [5.41, 5.74) is 0.432. The minimum Gasteiger partial charge on any atom is -0.447 e. The first-order chi connectivity index (χ1) is 9.97. The molecule has 0 aromatic carbocycles. The summed E-state index contributed by atoms with van der Waals surface area (Å²) in [4.78, 5) is 18.7. The van der Waals surface area contributed by atoms with Crippen molar-refractivity contribution in [1.82, 2.24) is 15.2 Å². The molecule has 21 heavy (non-hydrogen) atoms. The molecule has 5 heteroatoms. The lowest BCUT2D eigenvalue weighted by atomic mass is 10.1. The molecule has 1 aromatic heterocycles. The van der Waals surface area contributed by atoms with Gasteiger partial charge in [-0.1, -0.05) is 27.7 Å². The molecule has 0 aliphatic carbocycles. The number of carbonyl (C=O) groups is 1. The maximum absolute atomic E-state index is 12.2. The van der Waals surface area contributed by atoms with E-state index in [1.807, 2.05) is 13.8 Å². The average Bonchev–Trinajstić information content (AvgIpc) is 3.03. The second kappa shape index (κ2) is 7.07. The second-order valence-corrected chi connectivity index (χ2v) is 6.74. The summed E-state index contributed by atoms with van der Waals surface area (Å²) in [6.07, 6.45) is 2.51. The molecular formula is C16H27N3O2. The Hall–Kier alpha value is -1.36. The molecule has 1 amide bonds. The highest BCUT2D eigenvalue weighted by Gasteiger charge is 2.24. The van der Waals surface area contributed by atoms with E-state index >= 15 is 0 Å². The van der Waals surface area contributed by atoms with Crippen molar-refractivity contribution in [2.75, 3.05) is 26.2 Å². The molecule has 0 saturated carbocycles. The third kappa shape index (κ3) is 4.30. The molecule has 0 spiro atoms. The Morgan fingerprint density at radius 3 is 2.90 bits per heavy atom. The third-order valence-corrected chi connectivity index (χ3v) is 3.88. The van der Waals surface area contributed by atoms with Crippen LogP contribution >= 0.6 is 0 Å². The number of oxazole rings is 1. The maximum Gasteiger partial charge on any atom is 0.273 e. The summed E-state index contributed by atoms with van der Waals surface area (Å²) in [5.74, 6) is 1.96. The van der Waals surface area contributed by atoms with Gasteiger partial charge in [0.05, 0.1) is 0 Å². The molecular weight excluding hydrogens is 266 g/mol. The van der Waals surface area contributed by atoms with E-state index in [4.69, 9.17) is 4.42 Å². The number of carbonyl (C=O) groups excluding carboxylic acids is 1. The Morgan fingerprint density at radius 2 is 2.24 bits per heavy atom. The fourth-order valence-corrected chi connectivity index (χ4v) is 2.92. The van der Waals surface area contributed by atoms with Crippen LogP contribution in [0.15, 0.2) is 10.8 Å². The number of rotatable bonds is 6. The van der Waals surface area contributed by atoms with Crippen molar-refractivity contribution in [3.05, 3.63) is 17.8 Å². The summed E-state index contributed by atoms with van der Waals surface area (Å²) < 4.78 is 5.30. The molecule has 118 valence electrons. The molecule has 0 bridgehead atoms. The van der Waals surface area contributed by atoms with Crippen LogP contribution in [0.25, 0.3) is 0 Å². The molecule has 1 aliphatic rings. The highest BCUT2D eigenvalue weighted by Crippen LogP contribution is 2.19. The molecule has 2 rings (SSSR count). The zero-order valence-electron chi connectivity index (χ0n) is 13.6. The van der Waals surface area contributed by atoms with E-state index in [0.717, 1.165) is 32.6 Å². The van der Waals surface area contributed by atoms with Gasteiger partial charge in [0, 0.05) is 25.6 Å². The van der Waals surface area contributed by atoms with Crippen LogP contribution in [0.2, 0.25) is 0 Å². The van der Waals surface area contributed by atoms with Crippen molar-refractivity contribution in [2.45, 2.75) is 40.0 Å². The molecule has 1 fully saturated rings. The lowest BCUT2D eigenvalue weighted by molar-refractivity contribution is 0.0940. The predicted molar refractivity (Wildman–Crippen MR) is 82.3 cm³/mol. The van der Waals surface area contributed by atoms with Crippen LogP contribution in [0, 0.1) is 11.8 Å². The first kappa shape index (κ1) is 16.0. The van der Waals surface area contributed by atoms with Gasteiger partial charge in [0.15, 0.2) is 12.1 Å². The first-order valence-corrected chi connectivity index (χ1v) is 7.91. The number of amides is 1. The quantitative estimate of drug-likeness (QED) is 0.875. The Morgan fingerprint density at radius 1 is 1.48 bits per heavy atom. The van der Waals surface area contributed by atoms with Crippen molar-refractivity contribution in [3.63, 3.8) is 0 Å². The lowest BCUT2D eigenvalue weighted by Crippen LogP contribution is -2.32. The van der Waals surface area contributed by atoms with Crippen LogP contribution in [0.4, 0.5) is 0 Å². The normalized spacial score (nSPS) is 19.6. The largest absolute Gasteiger partial charge is 0.447 e. The number of nitrogens with one attached hydrogen (secondary N) is 1. The number of hydrogen-bond acceptors (Lipinski definition) is 4. The molecule has 1 atom stereocenters. The number of nitrogens with zero attached hydrogens (tertiary/aromatic N) is 2. The molecule has 5 nitrogen and oxygen atoms in total. The van der Waals surface area contributed by atoms with Gasteiger partial charge in [0.1, 0.15) is 5.76 Å². The summed E-state index contributed by atoms with van der Waals surface area (Å²) in [5, 5.41) is 3.01. The second-order valence-electron chi connectivity index (χ2n) is 6.74. The van der Waals surface area contributed by atoms with Gasteiger partial charge >= 0.3 is 0 Å². The molecule has 1 saturated heterocycles. The van der Waals surface area contributed by atoms with Crippen LogP contribution in [-0.4, -0.2) is 42.0 Å². The zero-order chi connectivity index (χ0) is 15.4. The lowest BCUT2D eigenvalue weighted by Gasteiger charge is -2.18. The predicted octanol–water partition coefficient (Wildman–Crippen LogP) is 2.51. The number of aromatic nitrogens is 1. The van der Waals surface area contributed by atoms with Crippen LogP contribution < -0.4 is 5.32 Å². The van der Waals surface area contributed by atoms with Gasteiger partial charge in [0.2, 0.25) is 0 Å². The van der Waals surface area contributed by atoms with Crippen LogP contribution in [0.3, 0.4) is 0 Å². The summed E-state index contributed by atoms with van der Waals surface area (Å²) in [7, 11) is 0. The summed E-state index contributed by atoms with van der Waals surface area (Å²) in [6, 6.07) is 0. The fraction of sp³-hybridized carbons (Fsp3) is 0.750. The molecule has 0 radical (unpaired) electrons. The third-order valence-electron chi connectivity index (χ3n) is 3.88. The molecule has 0 unspecified atom stereocenters. The molecule has 1 N–H and O–H groups in total. The molecule has 1 aromatic rings. The van der Waals surface area contributed by atoms with Crippen LogP contribution in [0.5, 0.6) is 0 Å². The van der Waals surface area contributed by atoms with Gasteiger partial charge < -0.3 is 14.6 Å². The monoisotopic (exact) mass is 293 g/mol. The molecule has 1 aliphatic heterocycles. The number of hydrogen-bond donors (Lipinski definition) is 1. The number of likely N-dealkylation sites (tertiary alicyclic amines) is 1. The Labute approximate surface area is 127 Å². The van der Waals surface area contributed by atoms with Gasteiger partial charge in [0.25, 0.3) is 5.91 Å². The Bertz CT molecular complexity index is 468. The van der Waals surface area contributed by atoms with E-state index in [9.17, 15) is 4.79 Å². The minimum absolute atomic E-state index is 0.116. The summed E-state index contributed by atoms with van der Waals surface area (Å²) in [6.45, 7) is 12.6. The highest BCUT2D eigenvalue weighted by atomic mass is 16.3. The van der Waals surface area contributed by atoms with Crippen molar-refractivity contribution in [3.8, 4) is 0 Å². The fourth-order valence-electron chi connectivity index (χ4n) is 2.92. The van der Waals surface area contributed by atoms with Gasteiger partial charge in [-0.15, -0.1) is 0 Å². The topological polar surface area (TPSA) is 58.4 Å². The van der Waals surface area contributed by atoms with E-state index < -0.39 is 0 Å². The first-order valence-electron chi connectivity index (χ1n) is 7.91. The highest BCUT2D eigenvalue weighted by molar-refractivity contribution is 5.93. The van der Waals surface area contributed by atoms with E-state index in [1.54, 1.807) is 0 Å². The maximum atomic E-state index is 12.2. The summed E-state index contributed by atoms with van der Waals surface area (Å²) >= 11 is 0. The van der Waals surface area contributed by atoms with Gasteiger partial charge in [-0.05, 0) is 24.8 Å². The van der Waals surface area contributed by atoms with Crippen molar-refractivity contribution in [1.29, 1.82) is 0 Å². The minimum atomic E-state index is -0.116. The van der Waals surface area contributed by atoms with Gasteiger partial charge in [-0.3, -0.25) is 4.79 Å². The van der Waals surface area contributed by atoms with Gasteiger partial charge in [-0.2, -0.15) is 0 Å². The standard InChI is InChI=1S/C16H27N3O2/c1-11(2)8-19-6-5-13(9-19)7-17-16(20)14-15(12(3)4)21-10-18-14/h10-13H,5-9H2,1-4H3,(H,17,20)/t13-/m1/s1. The zero-order valence-corrected chi connectivity index (χ0v) is 13.6. The van der Waals surface area contributed by atoms with Crippen molar-refractivity contribution in [2.24, 2.45) is 11.8 Å². The van der Waals surface area contributed by atoms with Crippen molar-refractivity contribution >= 4 is 5.91 Å². The van der Waals surface area contributed by atoms with E-state index in [1.165, 1.54) is 6.39 Å². The van der Waals surface area contributed by atoms with Crippen LogP contribution in [-0.2, 0) is 0 Å². The SMILES string of the molecule is CC(C)CN1CC[C@H](CNC(=O)c2ncoc2C(C)C)C1. The van der Waals surface area contributed by atoms with Gasteiger partial charge in [-0.25, -0.2) is 4.98 Å².